The maximum Gasteiger partial charge on any atom is 0.320 e. The Morgan fingerprint density at radius 3 is 2.83 bits per heavy atom. The molecule has 7 heteroatoms. The van der Waals surface area contributed by atoms with E-state index < -0.39 is 6.03 Å². The van der Waals surface area contributed by atoms with E-state index in [0.717, 1.165) is 11.3 Å². The molecule has 1 aliphatic heterocycles. The van der Waals surface area contributed by atoms with Crippen LogP contribution in [-0.2, 0) is 4.79 Å². The maximum absolute atomic E-state index is 12.2. The molecule has 1 aromatic carbocycles. The molecule has 0 unspecified atom stereocenters. The predicted octanol–water partition coefficient (Wildman–Crippen LogP) is 2.22. The molecule has 7 nitrogen and oxygen atoms in total. The van der Waals surface area contributed by atoms with Gasteiger partial charge >= 0.3 is 6.03 Å². The summed E-state index contributed by atoms with van der Waals surface area (Å²) in [5, 5.41) is 8.93. The first-order valence-corrected chi connectivity index (χ1v) is 7.38. The highest BCUT2D eigenvalue weighted by molar-refractivity contribution is 5.97. The number of aryl methyl sites for hydroxylation is 2. The van der Waals surface area contributed by atoms with Crippen molar-refractivity contribution in [3.05, 3.63) is 41.7 Å². The highest BCUT2D eigenvalue weighted by Gasteiger charge is 2.31. The Morgan fingerprint density at radius 2 is 2.13 bits per heavy atom. The van der Waals surface area contributed by atoms with Crippen LogP contribution in [0.5, 0.6) is 0 Å². The lowest BCUT2D eigenvalue weighted by atomic mass is 10.1. The zero-order valence-electron chi connectivity index (χ0n) is 13.0. The third-order valence-corrected chi connectivity index (χ3v) is 3.94. The molecule has 1 aromatic heterocycles. The molecule has 0 bridgehead atoms. The van der Waals surface area contributed by atoms with Crippen LogP contribution in [0.4, 0.5) is 16.3 Å². The average Bonchev–Trinajstić information content (AvgIpc) is 3.12. The molecule has 1 saturated heterocycles. The van der Waals surface area contributed by atoms with Crippen LogP contribution in [0, 0.1) is 13.8 Å². The van der Waals surface area contributed by atoms with Crippen molar-refractivity contribution >= 4 is 23.4 Å². The quantitative estimate of drug-likeness (QED) is 0.909. The van der Waals surface area contributed by atoms with Crippen molar-refractivity contribution in [2.75, 3.05) is 16.8 Å². The van der Waals surface area contributed by atoms with Crippen LogP contribution in [-0.4, -0.2) is 29.7 Å². The number of carbonyl (C=O) groups excluding carboxylic acids is 2. The fourth-order valence-electron chi connectivity index (χ4n) is 2.56. The fraction of sp³-hybridized carbons (Fsp3) is 0.312. The average molecular weight is 314 g/mol. The molecule has 1 fully saturated rings. The van der Waals surface area contributed by atoms with Crippen molar-refractivity contribution < 1.29 is 14.1 Å². The Balaban J connectivity index is 1.62. The van der Waals surface area contributed by atoms with Crippen molar-refractivity contribution in [3.8, 4) is 0 Å². The molecular formula is C16H18N4O3. The van der Waals surface area contributed by atoms with Crippen molar-refractivity contribution in [1.29, 1.82) is 0 Å². The van der Waals surface area contributed by atoms with Crippen LogP contribution in [0.15, 0.2) is 35.1 Å². The minimum absolute atomic E-state index is 0.0000100. The van der Waals surface area contributed by atoms with Gasteiger partial charge in [-0.3, -0.25) is 10.1 Å². The van der Waals surface area contributed by atoms with Gasteiger partial charge in [-0.1, -0.05) is 11.2 Å². The molecular weight excluding hydrogens is 296 g/mol. The van der Waals surface area contributed by atoms with Crippen LogP contribution >= 0.6 is 0 Å². The van der Waals surface area contributed by atoms with Gasteiger partial charge in [0, 0.05) is 24.7 Å². The van der Waals surface area contributed by atoms with E-state index in [2.05, 4.69) is 20.3 Å². The molecule has 1 aliphatic rings. The van der Waals surface area contributed by atoms with Gasteiger partial charge in [0.15, 0.2) is 5.82 Å². The number of benzene rings is 1. The number of anilines is 2. The maximum atomic E-state index is 12.2. The second-order valence-electron chi connectivity index (χ2n) is 5.66. The molecule has 2 heterocycles. The Hall–Kier alpha value is -2.83. The summed E-state index contributed by atoms with van der Waals surface area (Å²) in [5.74, 6) is 0.331. The summed E-state index contributed by atoms with van der Waals surface area (Å²) < 4.78 is 4.64. The van der Waals surface area contributed by atoms with Crippen LogP contribution < -0.4 is 15.5 Å². The van der Waals surface area contributed by atoms with E-state index in [9.17, 15) is 9.59 Å². The SMILES string of the molecule is Cc1ccc(N2C[C@@H](NC(=O)Nc3ccon3)CC2=O)cc1C. The minimum Gasteiger partial charge on any atom is -0.363 e. The number of urea groups is 1. The summed E-state index contributed by atoms with van der Waals surface area (Å²) in [6, 6.07) is 6.81. The number of rotatable bonds is 3. The molecule has 0 aliphatic carbocycles. The second kappa shape index (κ2) is 6.12. The van der Waals surface area contributed by atoms with Crippen molar-refractivity contribution in [2.24, 2.45) is 0 Å². The van der Waals surface area contributed by atoms with E-state index in [4.69, 9.17) is 0 Å². The molecule has 0 saturated carbocycles. The van der Waals surface area contributed by atoms with Crippen LogP contribution in [0.1, 0.15) is 17.5 Å². The van der Waals surface area contributed by atoms with Gasteiger partial charge in [-0.25, -0.2) is 4.79 Å². The molecule has 120 valence electrons. The first kappa shape index (κ1) is 15.1. The van der Waals surface area contributed by atoms with Gasteiger partial charge in [0.25, 0.3) is 0 Å². The van der Waals surface area contributed by atoms with E-state index >= 15 is 0 Å². The molecule has 3 amide bonds. The lowest BCUT2D eigenvalue weighted by Crippen LogP contribution is -2.39. The third kappa shape index (κ3) is 3.33. The Kier molecular flexibility index (Phi) is 4.01. The van der Waals surface area contributed by atoms with Gasteiger partial charge in [0.05, 0.1) is 6.04 Å². The van der Waals surface area contributed by atoms with Gasteiger partial charge in [0.2, 0.25) is 5.91 Å². The van der Waals surface area contributed by atoms with Gasteiger partial charge in [0.1, 0.15) is 6.26 Å². The first-order chi connectivity index (χ1) is 11.0. The number of hydrogen-bond acceptors (Lipinski definition) is 4. The number of aromatic nitrogens is 1. The van der Waals surface area contributed by atoms with Crippen molar-refractivity contribution in [3.63, 3.8) is 0 Å². The summed E-state index contributed by atoms with van der Waals surface area (Å²) >= 11 is 0. The van der Waals surface area contributed by atoms with Crippen molar-refractivity contribution in [1.82, 2.24) is 10.5 Å². The molecule has 2 N–H and O–H groups in total. The highest BCUT2D eigenvalue weighted by atomic mass is 16.5. The van der Waals surface area contributed by atoms with E-state index in [1.54, 1.807) is 11.0 Å². The highest BCUT2D eigenvalue weighted by Crippen LogP contribution is 2.24. The summed E-state index contributed by atoms with van der Waals surface area (Å²) in [5.41, 5.74) is 3.18. The zero-order valence-corrected chi connectivity index (χ0v) is 13.0. The van der Waals surface area contributed by atoms with Gasteiger partial charge < -0.3 is 14.7 Å². The molecule has 3 rings (SSSR count). The topological polar surface area (TPSA) is 87.5 Å². The number of amides is 3. The largest absolute Gasteiger partial charge is 0.363 e. The van der Waals surface area contributed by atoms with Crippen LogP contribution in [0.25, 0.3) is 0 Å². The van der Waals surface area contributed by atoms with E-state index in [-0.39, 0.29) is 18.4 Å². The zero-order chi connectivity index (χ0) is 16.4. The lowest BCUT2D eigenvalue weighted by molar-refractivity contribution is -0.117. The number of nitrogens with zero attached hydrogens (tertiary/aromatic N) is 2. The molecule has 23 heavy (non-hydrogen) atoms. The van der Waals surface area contributed by atoms with E-state index in [1.807, 2.05) is 32.0 Å². The van der Waals surface area contributed by atoms with E-state index in [0.29, 0.717) is 12.4 Å². The predicted molar refractivity (Wildman–Crippen MR) is 85.3 cm³/mol. The monoisotopic (exact) mass is 314 g/mol. The number of hydrogen-bond donors (Lipinski definition) is 2. The Morgan fingerprint density at radius 1 is 1.30 bits per heavy atom. The number of carbonyl (C=O) groups is 2. The normalized spacial score (nSPS) is 17.4. The standard InChI is InChI=1S/C16H18N4O3/c1-10-3-4-13(7-11(10)2)20-9-12(8-15(20)21)17-16(22)18-14-5-6-23-19-14/h3-7,12H,8-9H2,1-2H3,(H2,17,18,19,22)/t12-/m0/s1. The fourth-order valence-corrected chi connectivity index (χ4v) is 2.56. The van der Waals surface area contributed by atoms with Gasteiger partial charge in [-0.05, 0) is 37.1 Å². The van der Waals surface area contributed by atoms with Gasteiger partial charge in [-0.2, -0.15) is 0 Å². The molecule has 1 atom stereocenters. The van der Waals surface area contributed by atoms with Crippen molar-refractivity contribution in [2.45, 2.75) is 26.3 Å². The van der Waals surface area contributed by atoms with Gasteiger partial charge in [-0.15, -0.1) is 0 Å². The minimum atomic E-state index is -0.404. The second-order valence-corrected chi connectivity index (χ2v) is 5.66. The lowest BCUT2D eigenvalue weighted by Gasteiger charge is -2.18. The Bertz CT molecular complexity index is 727. The third-order valence-electron chi connectivity index (χ3n) is 3.94. The van der Waals surface area contributed by atoms with Crippen LogP contribution in [0.3, 0.4) is 0 Å². The smallest absolute Gasteiger partial charge is 0.320 e. The van der Waals surface area contributed by atoms with E-state index in [1.165, 1.54) is 11.8 Å². The summed E-state index contributed by atoms with van der Waals surface area (Å²) in [6.07, 6.45) is 1.65. The molecule has 0 radical (unpaired) electrons. The Labute approximate surface area is 133 Å². The first-order valence-electron chi connectivity index (χ1n) is 7.38. The van der Waals surface area contributed by atoms with Crippen LogP contribution in [0.2, 0.25) is 0 Å². The molecule has 0 spiro atoms. The summed E-state index contributed by atoms with van der Waals surface area (Å²) in [7, 11) is 0. The number of nitrogens with one attached hydrogen (secondary N) is 2. The molecule has 2 aromatic rings. The summed E-state index contributed by atoms with van der Waals surface area (Å²) in [6.45, 7) is 4.50. The summed E-state index contributed by atoms with van der Waals surface area (Å²) in [4.78, 5) is 25.8.